The molecule has 0 bridgehead atoms. The summed E-state index contributed by atoms with van der Waals surface area (Å²) < 4.78 is 7.13. The number of methoxy groups -OCH3 is 1. The second-order valence-corrected chi connectivity index (χ2v) is 8.68. The molecule has 1 saturated heterocycles. The molecule has 1 aliphatic rings. The average molecular weight is 447 g/mol. The van der Waals surface area contributed by atoms with Gasteiger partial charge in [0, 0.05) is 43.9 Å². The van der Waals surface area contributed by atoms with Crippen molar-refractivity contribution in [1.29, 1.82) is 0 Å². The first-order chi connectivity index (χ1) is 15.9. The molecule has 1 fully saturated rings. The van der Waals surface area contributed by atoms with Gasteiger partial charge in [0.1, 0.15) is 11.4 Å². The average Bonchev–Trinajstić information content (AvgIpc) is 3.29. The Kier molecular flexibility index (Phi) is 6.49. The first kappa shape index (κ1) is 22.6. The van der Waals surface area contributed by atoms with E-state index in [0.717, 1.165) is 16.8 Å². The van der Waals surface area contributed by atoms with Gasteiger partial charge in [0.25, 0.3) is 5.91 Å². The first-order valence-corrected chi connectivity index (χ1v) is 11.3. The fourth-order valence-corrected chi connectivity index (χ4v) is 4.01. The molecule has 2 aromatic carbocycles. The van der Waals surface area contributed by atoms with Crippen molar-refractivity contribution in [2.45, 2.75) is 20.8 Å². The van der Waals surface area contributed by atoms with Gasteiger partial charge in [0.15, 0.2) is 0 Å². The molecule has 0 unspecified atom stereocenters. The Bertz CT molecular complexity index is 1140. The third-order valence-corrected chi connectivity index (χ3v) is 5.96. The molecule has 0 N–H and O–H groups in total. The van der Waals surface area contributed by atoms with Crippen LogP contribution in [0.2, 0.25) is 0 Å². The summed E-state index contributed by atoms with van der Waals surface area (Å²) in [7, 11) is 1.62. The molecule has 1 aliphatic heterocycles. The van der Waals surface area contributed by atoms with Crippen molar-refractivity contribution in [2.75, 3.05) is 33.3 Å². The van der Waals surface area contributed by atoms with Crippen molar-refractivity contribution in [3.8, 4) is 22.7 Å². The molecule has 7 heteroatoms. The summed E-state index contributed by atoms with van der Waals surface area (Å²) in [6.07, 6.45) is 1.80. The van der Waals surface area contributed by atoms with E-state index in [1.807, 2.05) is 79.1 Å². The Morgan fingerprint density at radius 1 is 0.970 bits per heavy atom. The summed E-state index contributed by atoms with van der Waals surface area (Å²) in [4.78, 5) is 29.6. The molecule has 0 radical (unpaired) electrons. The largest absolute Gasteiger partial charge is 0.497 e. The standard InChI is InChI=1S/C26H30N4O3/c1-18(2)25(31)28-12-14-29(15-13-28)26(32)23-17-30(21-10-8-19(3)9-11-21)27-24(23)20-6-5-7-22(16-20)33-4/h5-11,16-18H,12-15H2,1-4H3. The van der Waals surface area contributed by atoms with E-state index in [2.05, 4.69) is 0 Å². The predicted octanol–water partition coefficient (Wildman–Crippen LogP) is 3.80. The third-order valence-electron chi connectivity index (χ3n) is 5.96. The fraction of sp³-hybridized carbons (Fsp3) is 0.346. The van der Waals surface area contributed by atoms with Gasteiger partial charge < -0.3 is 14.5 Å². The zero-order chi connectivity index (χ0) is 23.5. The predicted molar refractivity (Wildman–Crippen MR) is 128 cm³/mol. The van der Waals surface area contributed by atoms with Gasteiger partial charge in [-0.25, -0.2) is 4.68 Å². The lowest BCUT2D eigenvalue weighted by Crippen LogP contribution is -2.51. The van der Waals surface area contributed by atoms with E-state index in [4.69, 9.17) is 9.84 Å². The maximum atomic E-state index is 13.6. The minimum absolute atomic E-state index is 0.0420. The lowest BCUT2D eigenvalue weighted by molar-refractivity contribution is -0.135. The zero-order valence-electron chi connectivity index (χ0n) is 19.6. The summed E-state index contributed by atoms with van der Waals surface area (Å²) in [5, 5.41) is 4.79. The van der Waals surface area contributed by atoms with Crippen molar-refractivity contribution < 1.29 is 14.3 Å². The Morgan fingerprint density at radius 2 is 1.64 bits per heavy atom. The summed E-state index contributed by atoms with van der Waals surface area (Å²) in [6.45, 7) is 7.94. The molecule has 2 heterocycles. The van der Waals surface area contributed by atoms with E-state index in [-0.39, 0.29) is 17.7 Å². The molecule has 0 aliphatic carbocycles. The second-order valence-electron chi connectivity index (χ2n) is 8.68. The molecule has 2 amide bonds. The Balaban J connectivity index is 1.66. The first-order valence-electron chi connectivity index (χ1n) is 11.3. The van der Waals surface area contributed by atoms with Crippen molar-refractivity contribution in [1.82, 2.24) is 19.6 Å². The highest BCUT2D eigenvalue weighted by atomic mass is 16.5. The van der Waals surface area contributed by atoms with Gasteiger partial charge in [-0.05, 0) is 31.2 Å². The Hall–Kier alpha value is -3.61. The van der Waals surface area contributed by atoms with Gasteiger partial charge in [-0.15, -0.1) is 0 Å². The van der Waals surface area contributed by atoms with Gasteiger partial charge in [-0.2, -0.15) is 5.10 Å². The van der Waals surface area contributed by atoms with Crippen LogP contribution in [0, 0.1) is 12.8 Å². The van der Waals surface area contributed by atoms with Crippen molar-refractivity contribution >= 4 is 11.8 Å². The molecule has 3 aromatic rings. The summed E-state index contributed by atoms with van der Waals surface area (Å²) in [6, 6.07) is 15.6. The maximum Gasteiger partial charge on any atom is 0.257 e. The monoisotopic (exact) mass is 446 g/mol. The summed E-state index contributed by atoms with van der Waals surface area (Å²) in [5.41, 5.74) is 4.00. The van der Waals surface area contributed by atoms with Gasteiger partial charge in [0.2, 0.25) is 5.91 Å². The highest BCUT2D eigenvalue weighted by Crippen LogP contribution is 2.28. The highest BCUT2D eigenvalue weighted by molar-refractivity contribution is 6.00. The number of ether oxygens (including phenoxy) is 1. The second kappa shape index (κ2) is 9.48. The van der Waals surface area contributed by atoms with E-state index in [9.17, 15) is 9.59 Å². The van der Waals surface area contributed by atoms with E-state index in [1.165, 1.54) is 0 Å². The number of rotatable bonds is 5. The molecule has 0 atom stereocenters. The van der Waals surface area contributed by atoms with Crippen LogP contribution < -0.4 is 4.74 Å². The van der Waals surface area contributed by atoms with Gasteiger partial charge in [-0.3, -0.25) is 9.59 Å². The lowest BCUT2D eigenvalue weighted by Gasteiger charge is -2.35. The number of carbonyl (C=O) groups excluding carboxylic acids is 2. The number of piperazine rings is 1. The Labute approximate surface area is 194 Å². The van der Waals surface area contributed by atoms with Gasteiger partial charge in [-0.1, -0.05) is 43.7 Å². The number of benzene rings is 2. The number of carbonyl (C=O) groups is 2. The fourth-order valence-electron chi connectivity index (χ4n) is 4.01. The highest BCUT2D eigenvalue weighted by Gasteiger charge is 2.29. The number of amides is 2. The van der Waals surface area contributed by atoms with Crippen LogP contribution in [0.1, 0.15) is 29.8 Å². The van der Waals surface area contributed by atoms with Crippen LogP contribution in [0.4, 0.5) is 0 Å². The molecular formula is C26H30N4O3. The van der Waals surface area contributed by atoms with Crippen LogP contribution in [0.5, 0.6) is 5.75 Å². The van der Waals surface area contributed by atoms with Crippen LogP contribution in [0.15, 0.2) is 54.7 Å². The lowest BCUT2D eigenvalue weighted by atomic mass is 10.1. The molecule has 0 spiro atoms. The van der Waals surface area contributed by atoms with E-state index >= 15 is 0 Å². The molecule has 172 valence electrons. The third kappa shape index (κ3) is 4.77. The van der Waals surface area contributed by atoms with Crippen LogP contribution in [-0.2, 0) is 4.79 Å². The topological polar surface area (TPSA) is 67.7 Å². The SMILES string of the molecule is COc1cccc(-c2nn(-c3ccc(C)cc3)cc2C(=O)N2CCN(C(=O)C(C)C)CC2)c1. The van der Waals surface area contributed by atoms with Crippen LogP contribution in [-0.4, -0.2) is 64.7 Å². The van der Waals surface area contributed by atoms with Crippen LogP contribution >= 0.6 is 0 Å². The van der Waals surface area contributed by atoms with Crippen LogP contribution in [0.25, 0.3) is 16.9 Å². The summed E-state index contributed by atoms with van der Waals surface area (Å²) >= 11 is 0. The molecule has 0 saturated carbocycles. The molecule has 4 rings (SSSR count). The van der Waals surface area contributed by atoms with Gasteiger partial charge in [0.05, 0.1) is 18.4 Å². The smallest absolute Gasteiger partial charge is 0.257 e. The van der Waals surface area contributed by atoms with Gasteiger partial charge >= 0.3 is 0 Å². The summed E-state index contributed by atoms with van der Waals surface area (Å²) in [5.74, 6) is 0.713. The minimum Gasteiger partial charge on any atom is -0.497 e. The molecule has 1 aromatic heterocycles. The van der Waals surface area contributed by atoms with E-state index < -0.39 is 0 Å². The van der Waals surface area contributed by atoms with Crippen molar-refractivity contribution in [3.05, 3.63) is 65.9 Å². The minimum atomic E-state index is -0.0807. The van der Waals surface area contributed by atoms with E-state index in [1.54, 1.807) is 18.0 Å². The normalized spacial score (nSPS) is 14.0. The molecular weight excluding hydrogens is 416 g/mol. The number of hydrogen-bond acceptors (Lipinski definition) is 4. The van der Waals surface area contributed by atoms with Crippen molar-refractivity contribution in [3.63, 3.8) is 0 Å². The number of hydrogen-bond donors (Lipinski definition) is 0. The maximum absolute atomic E-state index is 13.6. The van der Waals surface area contributed by atoms with Crippen molar-refractivity contribution in [2.24, 2.45) is 5.92 Å². The number of aromatic nitrogens is 2. The number of aryl methyl sites for hydroxylation is 1. The molecule has 33 heavy (non-hydrogen) atoms. The Morgan fingerprint density at radius 3 is 2.27 bits per heavy atom. The van der Waals surface area contributed by atoms with E-state index in [0.29, 0.717) is 43.2 Å². The number of nitrogens with zero attached hydrogens (tertiary/aromatic N) is 4. The van der Waals surface area contributed by atoms with Crippen LogP contribution in [0.3, 0.4) is 0 Å². The zero-order valence-corrected chi connectivity index (χ0v) is 19.6. The quantitative estimate of drug-likeness (QED) is 0.598. The molecule has 7 nitrogen and oxygen atoms in total.